The second-order valence-corrected chi connectivity index (χ2v) is 8.42. The van der Waals surface area contributed by atoms with Gasteiger partial charge in [0.1, 0.15) is 5.76 Å². The smallest absolute Gasteiger partial charge is 0.332 e. The van der Waals surface area contributed by atoms with E-state index in [9.17, 15) is 9.59 Å². The van der Waals surface area contributed by atoms with Gasteiger partial charge in [-0.2, -0.15) is 4.98 Å². The minimum Gasteiger partial charge on any atom is -0.467 e. The molecule has 5 aromatic rings. The molecule has 0 N–H and O–H groups in total. The van der Waals surface area contributed by atoms with E-state index in [1.54, 1.807) is 13.3 Å². The van der Waals surface area contributed by atoms with Gasteiger partial charge in [-0.15, -0.1) is 0 Å². The van der Waals surface area contributed by atoms with Crippen LogP contribution in [-0.2, 0) is 20.1 Å². The topological polar surface area (TPSA) is 79.4 Å². The first-order chi connectivity index (χ1) is 15.3. The van der Waals surface area contributed by atoms with Crippen LogP contribution < -0.4 is 11.2 Å². The number of aromatic nitrogens is 5. The first-order valence-corrected chi connectivity index (χ1v) is 10.5. The Morgan fingerprint density at radius 1 is 0.969 bits per heavy atom. The van der Waals surface area contributed by atoms with Crippen LogP contribution in [0, 0.1) is 27.7 Å². The van der Waals surface area contributed by atoms with Crippen LogP contribution in [0.1, 0.15) is 33.8 Å². The lowest BCUT2D eigenvalue weighted by Crippen LogP contribution is -2.39. The van der Waals surface area contributed by atoms with Crippen LogP contribution in [0.25, 0.3) is 16.9 Å². The van der Waals surface area contributed by atoms with Gasteiger partial charge in [0.25, 0.3) is 5.56 Å². The highest BCUT2D eigenvalue weighted by molar-refractivity contribution is 5.76. The predicted octanol–water partition coefficient (Wildman–Crippen LogP) is 3.07. The third-order valence-electron chi connectivity index (χ3n) is 6.36. The minimum atomic E-state index is -0.379. The zero-order valence-corrected chi connectivity index (χ0v) is 18.8. The van der Waals surface area contributed by atoms with Crippen LogP contribution >= 0.6 is 0 Å². The standard InChI is InChI=1S/C24H25N5O3/c1-14-8-9-15(2)18(11-14)12-28-22(30)20-21(26(5)24(28)31)25-23-27(13-19-7-6-10-32-19)16(3)17(4)29(20)23/h6-11H,12-13H2,1-5H3. The average molecular weight is 431 g/mol. The van der Waals surface area contributed by atoms with Gasteiger partial charge in [-0.05, 0) is 51.0 Å². The summed E-state index contributed by atoms with van der Waals surface area (Å²) < 4.78 is 12.1. The summed E-state index contributed by atoms with van der Waals surface area (Å²) in [7, 11) is 1.66. The van der Waals surface area contributed by atoms with E-state index < -0.39 is 0 Å². The minimum absolute atomic E-state index is 0.216. The number of benzene rings is 1. The molecule has 1 aromatic carbocycles. The maximum atomic E-state index is 13.6. The van der Waals surface area contributed by atoms with Crippen molar-refractivity contribution >= 4 is 16.9 Å². The third kappa shape index (κ3) is 2.86. The number of hydrogen-bond donors (Lipinski definition) is 0. The fourth-order valence-corrected chi connectivity index (χ4v) is 4.34. The van der Waals surface area contributed by atoms with Gasteiger partial charge in [0.15, 0.2) is 11.2 Å². The number of aryl methyl sites for hydroxylation is 4. The van der Waals surface area contributed by atoms with Crippen molar-refractivity contribution < 1.29 is 4.42 Å². The largest absolute Gasteiger partial charge is 0.467 e. The zero-order valence-electron chi connectivity index (χ0n) is 18.8. The van der Waals surface area contributed by atoms with Crippen molar-refractivity contribution in [1.82, 2.24) is 23.1 Å². The van der Waals surface area contributed by atoms with Gasteiger partial charge in [0.2, 0.25) is 5.78 Å². The SMILES string of the molecule is Cc1ccc(C)c(Cn2c(=O)c3c(nc4n(Cc5ccco5)c(C)c(C)n34)n(C)c2=O)c1. The van der Waals surface area contributed by atoms with Crippen molar-refractivity contribution in [3.05, 3.63) is 91.3 Å². The van der Waals surface area contributed by atoms with E-state index in [2.05, 4.69) is 0 Å². The Morgan fingerprint density at radius 3 is 2.47 bits per heavy atom. The molecule has 5 rings (SSSR count). The van der Waals surface area contributed by atoms with Gasteiger partial charge in [0.05, 0.1) is 19.4 Å². The van der Waals surface area contributed by atoms with Crippen molar-refractivity contribution in [3.63, 3.8) is 0 Å². The quantitative estimate of drug-likeness (QED) is 0.438. The summed E-state index contributed by atoms with van der Waals surface area (Å²) in [5, 5.41) is 0. The highest BCUT2D eigenvalue weighted by Crippen LogP contribution is 2.22. The number of fused-ring (bicyclic) bond motifs is 3. The van der Waals surface area contributed by atoms with Gasteiger partial charge in [-0.1, -0.05) is 23.8 Å². The molecule has 0 saturated carbocycles. The van der Waals surface area contributed by atoms with Gasteiger partial charge in [-0.25, -0.2) is 4.79 Å². The van der Waals surface area contributed by atoms with E-state index in [4.69, 9.17) is 9.40 Å². The molecule has 0 unspecified atom stereocenters. The lowest BCUT2D eigenvalue weighted by atomic mass is 10.1. The van der Waals surface area contributed by atoms with Crippen LogP contribution in [0.15, 0.2) is 50.6 Å². The molecular formula is C24H25N5O3. The number of imidazole rings is 2. The molecule has 4 heterocycles. The Labute approximate surface area is 184 Å². The fraction of sp³-hybridized carbons (Fsp3) is 0.292. The van der Waals surface area contributed by atoms with Crippen LogP contribution in [0.3, 0.4) is 0 Å². The molecule has 4 aromatic heterocycles. The molecule has 0 aliphatic heterocycles. The Morgan fingerprint density at radius 2 is 1.75 bits per heavy atom. The van der Waals surface area contributed by atoms with Gasteiger partial charge in [0, 0.05) is 18.4 Å². The molecule has 0 spiro atoms. The predicted molar refractivity (Wildman–Crippen MR) is 122 cm³/mol. The van der Waals surface area contributed by atoms with E-state index in [1.165, 1.54) is 9.13 Å². The molecular weight excluding hydrogens is 406 g/mol. The molecule has 0 bridgehead atoms. The molecule has 0 aliphatic rings. The van der Waals surface area contributed by atoms with Crippen LogP contribution in [0.4, 0.5) is 0 Å². The summed E-state index contributed by atoms with van der Waals surface area (Å²) in [4.78, 5) is 31.5. The Bertz CT molecular complexity index is 1610. The highest BCUT2D eigenvalue weighted by Gasteiger charge is 2.23. The third-order valence-corrected chi connectivity index (χ3v) is 6.36. The molecule has 0 aliphatic carbocycles. The molecule has 0 saturated heterocycles. The Kier molecular flexibility index (Phi) is 4.47. The molecule has 164 valence electrons. The summed E-state index contributed by atoms with van der Waals surface area (Å²) in [6.45, 7) is 8.65. The van der Waals surface area contributed by atoms with Crippen LogP contribution in [0.2, 0.25) is 0 Å². The first-order valence-electron chi connectivity index (χ1n) is 10.5. The molecule has 8 heteroatoms. The lowest BCUT2D eigenvalue weighted by molar-refractivity contribution is 0.494. The summed E-state index contributed by atoms with van der Waals surface area (Å²) in [5.41, 5.74) is 5.04. The monoisotopic (exact) mass is 431 g/mol. The van der Waals surface area contributed by atoms with Crippen molar-refractivity contribution in [1.29, 1.82) is 0 Å². The maximum absolute atomic E-state index is 13.6. The number of hydrogen-bond acceptors (Lipinski definition) is 4. The molecule has 0 radical (unpaired) electrons. The van der Waals surface area contributed by atoms with Gasteiger partial charge >= 0.3 is 5.69 Å². The van der Waals surface area contributed by atoms with E-state index in [0.29, 0.717) is 23.5 Å². The van der Waals surface area contributed by atoms with Crippen molar-refractivity contribution in [2.45, 2.75) is 40.8 Å². The maximum Gasteiger partial charge on any atom is 0.332 e. The lowest BCUT2D eigenvalue weighted by Gasteiger charge is -2.11. The first kappa shape index (κ1) is 20.1. The molecule has 0 atom stereocenters. The normalized spacial score (nSPS) is 11.8. The van der Waals surface area contributed by atoms with Crippen molar-refractivity contribution in [3.8, 4) is 0 Å². The second kappa shape index (κ2) is 7.12. The second-order valence-electron chi connectivity index (χ2n) is 8.42. The summed E-state index contributed by atoms with van der Waals surface area (Å²) in [6, 6.07) is 9.80. The highest BCUT2D eigenvalue weighted by atomic mass is 16.3. The average Bonchev–Trinajstić information content (AvgIpc) is 3.47. The molecule has 8 nitrogen and oxygen atoms in total. The summed E-state index contributed by atoms with van der Waals surface area (Å²) in [6.07, 6.45) is 1.63. The Balaban J connectivity index is 1.78. The molecule has 0 amide bonds. The molecule has 32 heavy (non-hydrogen) atoms. The van der Waals surface area contributed by atoms with E-state index in [0.717, 1.165) is 33.8 Å². The number of nitrogens with zero attached hydrogens (tertiary/aromatic N) is 5. The zero-order chi connectivity index (χ0) is 22.7. The number of furan rings is 1. The Hall–Kier alpha value is -3.81. The number of rotatable bonds is 4. The van der Waals surface area contributed by atoms with Crippen molar-refractivity contribution in [2.75, 3.05) is 0 Å². The van der Waals surface area contributed by atoms with Gasteiger partial charge in [-0.3, -0.25) is 18.3 Å². The van der Waals surface area contributed by atoms with Crippen LogP contribution in [0.5, 0.6) is 0 Å². The van der Waals surface area contributed by atoms with E-state index in [1.807, 2.05) is 67.0 Å². The van der Waals surface area contributed by atoms with E-state index >= 15 is 0 Å². The van der Waals surface area contributed by atoms with Crippen LogP contribution in [-0.4, -0.2) is 23.1 Å². The van der Waals surface area contributed by atoms with Crippen molar-refractivity contribution in [2.24, 2.45) is 7.05 Å². The molecule has 0 fully saturated rings. The van der Waals surface area contributed by atoms with E-state index in [-0.39, 0.29) is 17.8 Å². The summed E-state index contributed by atoms with van der Waals surface area (Å²) in [5.74, 6) is 1.40. The summed E-state index contributed by atoms with van der Waals surface area (Å²) >= 11 is 0. The van der Waals surface area contributed by atoms with Gasteiger partial charge < -0.3 is 8.98 Å². The fourth-order valence-electron chi connectivity index (χ4n) is 4.34.